The Bertz CT molecular complexity index is 1060. The van der Waals surface area contributed by atoms with E-state index in [2.05, 4.69) is 30.7 Å². The largest absolute Gasteiger partial charge is 0.339 e. The number of carbonyl (C=O) groups excluding carboxylic acids is 1. The van der Waals surface area contributed by atoms with Gasteiger partial charge in [0.1, 0.15) is 11.6 Å². The molecule has 29 heavy (non-hydrogen) atoms. The molecule has 1 amide bonds. The lowest BCUT2D eigenvalue weighted by atomic mass is 10.1. The minimum atomic E-state index is -3.23. The highest BCUT2D eigenvalue weighted by Gasteiger charge is 2.29. The zero-order chi connectivity index (χ0) is 21.3. The first-order valence-corrected chi connectivity index (χ1v) is 8.51. The molecule has 11 heteroatoms. The van der Waals surface area contributed by atoms with Crippen molar-refractivity contribution in [3.8, 4) is 11.3 Å². The van der Waals surface area contributed by atoms with E-state index in [0.29, 0.717) is 23.9 Å². The van der Waals surface area contributed by atoms with Gasteiger partial charge in [-0.2, -0.15) is 18.3 Å². The number of nitrogens with zero attached hydrogens (tertiary/aromatic N) is 5. The van der Waals surface area contributed by atoms with Crippen molar-refractivity contribution in [2.24, 2.45) is 7.05 Å². The summed E-state index contributed by atoms with van der Waals surface area (Å²) in [6.07, 6.45) is 1.39. The number of aryl methyl sites for hydroxylation is 2. The van der Waals surface area contributed by atoms with Crippen molar-refractivity contribution in [3.05, 3.63) is 41.9 Å². The molecule has 3 aromatic heterocycles. The first kappa shape index (κ1) is 20.2. The van der Waals surface area contributed by atoms with E-state index in [1.807, 2.05) is 0 Å². The Kier molecular flexibility index (Phi) is 5.23. The summed E-state index contributed by atoms with van der Waals surface area (Å²) in [6, 6.07) is 4.16. The number of hydrogen-bond donors (Lipinski definition) is 2. The Labute approximate surface area is 164 Å². The molecule has 0 fully saturated rings. The van der Waals surface area contributed by atoms with Crippen LogP contribution < -0.4 is 10.6 Å². The molecule has 152 valence electrons. The van der Waals surface area contributed by atoms with Crippen molar-refractivity contribution in [2.75, 3.05) is 10.6 Å². The van der Waals surface area contributed by atoms with Gasteiger partial charge in [-0.05, 0) is 6.92 Å². The number of pyridine rings is 1. The second-order valence-corrected chi connectivity index (χ2v) is 6.50. The Morgan fingerprint density at radius 2 is 1.90 bits per heavy atom. The molecule has 0 aliphatic carbocycles. The lowest BCUT2D eigenvalue weighted by Gasteiger charge is -2.15. The maximum atomic E-state index is 13.8. The lowest BCUT2D eigenvalue weighted by Crippen LogP contribution is -2.14. The maximum absolute atomic E-state index is 13.8. The SMILES string of the molecule is CC(=O)Nc1cc(Nc2cc(C)nc(C(C)(F)F)n2)c(-c2cc(F)n(C)n2)cn1. The van der Waals surface area contributed by atoms with Crippen LogP contribution in [0.1, 0.15) is 25.4 Å². The topological polar surface area (TPSA) is 97.6 Å². The number of carbonyl (C=O) groups is 1. The van der Waals surface area contributed by atoms with Crippen molar-refractivity contribution in [2.45, 2.75) is 26.7 Å². The van der Waals surface area contributed by atoms with Crippen LogP contribution in [0.3, 0.4) is 0 Å². The number of amides is 1. The van der Waals surface area contributed by atoms with Gasteiger partial charge in [-0.25, -0.2) is 19.6 Å². The van der Waals surface area contributed by atoms with Crippen molar-refractivity contribution in [1.82, 2.24) is 24.7 Å². The van der Waals surface area contributed by atoms with Crippen LogP contribution in [0, 0.1) is 12.9 Å². The molecule has 0 aromatic carbocycles. The highest BCUT2D eigenvalue weighted by atomic mass is 19.3. The molecule has 2 N–H and O–H groups in total. The molecule has 0 aliphatic heterocycles. The third-order valence-electron chi connectivity index (χ3n) is 3.82. The van der Waals surface area contributed by atoms with Crippen LogP contribution >= 0.6 is 0 Å². The Morgan fingerprint density at radius 3 is 2.48 bits per heavy atom. The fourth-order valence-corrected chi connectivity index (χ4v) is 2.55. The van der Waals surface area contributed by atoms with E-state index in [1.165, 1.54) is 38.4 Å². The number of alkyl halides is 2. The lowest BCUT2D eigenvalue weighted by molar-refractivity contribution is -0.114. The number of aromatic nitrogens is 5. The predicted octanol–water partition coefficient (Wildman–Crippen LogP) is 3.53. The molecule has 0 unspecified atom stereocenters. The van der Waals surface area contributed by atoms with Gasteiger partial charge in [0, 0.05) is 56.5 Å². The average Bonchev–Trinajstić information content (AvgIpc) is 2.92. The van der Waals surface area contributed by atoms with E-state index >= 15 is 0 Å². The molecule has 0 saturated heterocycles. The number of anilines is 3. The number of hydrogen-bond acceptors (Lipinski definition) is 6. The monoisotopic (exact) mass is 405 g/mol. The van der Waals surface area contributed by atoms with E-state index in [0.717, 1.165) is 4.68 Å². The summed E-state index contributed by atoms with van der Waals surface area (Å²) in [5, 5.41) is 9.52. The Balaban J connectivity index is 2.08. The van der Waals surface area contributed by atoms with Crippen LogP contribution in [0.4, 0.5) is 30.5 Å². The zero-order valence-electron chi connectivity index (χ0n) is 16.1. The normalized spacial score (nSPS) is 11.4. The minimum Gasteiger partial charge on any atom is -0.339 e. The Hall–Kier alpha value is -3.50. The van der Waals surface area contributed by atoms with Crippen LogP contribution in [0.25, 0.3) is 11.3 Å². The van der Waals surface area contributed by atoms with Crippen molar-refractivity contribution in [1.29, 1.82) is 0 Å². The van der Waals surface area contributed by atoms with Crippen LogP contribution in [-0.2, 0) is 17.8 Å². The molecule has 0 aliphatic rings. The molecule has 0 atom stereocenters. The van der Waals surface area contributed by atoms with Crippen molar-refractivity contribution >= 4 is 23.2 Å². The number of rotatable bonds is 5. The quantitative estimate of drug-likeness (QED) is 0.674. The fourth-order valence-electron chi connectivity index (χ4n) is 2.55. The van der Waals surface area contributed by atoms with Gasteiger partial charge in [-0.15, -0.1) is 0 Å². The van der Waals surface area contributed by atoms with Gasteiger partial charge in [0.05, 0.1) is 11.4 Å². The summed E-state index contributed by atoms with van der Waals surface area (Å²) in [7, 11) is 1.44. The van der Waals surface area contributed by atoms with E-state index in [9.17, 15) is 18.0 Å². The molecule has 0 radical (unpaired) electrons. The highest BCUT2D eigenvalue weighted by Crippen LogP contribution is 2.32. The van der Waals surface area contributed by atoms with Gasteiger partial charge in [-0.3, -0.25) is 4.79 Å². The molecular weight excluding hydrogens is 387 g/mol. The fraction of sp³-hybridized carbons (Fsp3) is 0.278. The zero-order valence-corrected chi connectivity index (χ0v) is 16.1. The molecule has 0 spiro atoms. The third-order valence-corrected chi connectivity index (χ3v) is 3.82. The molecule has 3 rings (SSSR count). The van der Waals surface area contributed by atoms with Gasteiger partial charge >= 0.3 is 5.92 Å². The molecular formula is C18H18F3N7O. The van der Waals surface area contributed by atoms with Gasteiger partial charge in [0.15, 0.2) is 0 Å². The predicted molar refractivity (Wildman–Crippen MR) is 100 cm³/mol. The minimum absolute atomic E-state index is 0.103. The summed E-state index contributed by atoms with van der Waals surface area (Å²) >= 11 is 0. The molecule has 0 saturated carbocycles. The van der Waals surface area contributed by atoms with Gasteiger partial charge in [-0.1, -0.05) is 0 Å². The Morgan fingerprint density at radius 1 is 1.17 bits per heavy atom. The van der Waals surface area contributed by atoms with E-state index < -0.39 is 17.7 Å². The summed E-state index contributed by atoms with van der Waals surface area (Å²) in [6.45, 7) is 3.58. The molecule has 8 nitrogen and oxygen atoms in total. The van der Waals surface area contributed by atoms with Crippen LogP contribution in [0.15, 0.2) is 24.4 Å². The first-order valence-electron chi connectivity index (χ1n) is 8.51. The summed E-state index contributed by atoms with van der Waals surface area (Å²) < 4.78 is 42.2. The van der Waals surface area contributed by atoms with E-state index in [-0.39, 0.29) is 23.2 Å². The smallest absolute Gasteiger partial charge is 0.303 e. The first-order chi connectivity index (χ1) is 13.5. The van der Waals surface area contributed by atoms with Crippen LogP contribution in [-0.4, -0.2) is 30.6 Å². The molecule has 3 aromatic rings. The van der Waals surface area contributed by atoms with E-state index in [4.69, 9.17) is 0 Å². The van der Waals surface area contributed by atoms with Gasteiger partial charge in [0.2, 0.25) is 17.7 Å². The molecule has 3 heterocycles. The average molecular weight is 405 g/mol. The summed E-state index contributed by atoms with van der Waals surface area (Å²) in [4.78, 5) is 23.1. The van der Waals surface area contributed by atoms with Crippen LogP contribution in [0.5, 0.6) is 0 Å². The second kappa shape index (κ2) is 7.49. The third kappa shape index (κ3) is 4.68. The highest BCUT2D eigenvalue weighted by molar-refractivity contribution is 5.89. The number of halogens is 3. The summed E-state index contributed by atoms with van der Waals surface area (Å²) in [5.74, 6) is -4.46. The van der Waals surface area contributed by atoms with Gasteiger partial charge < -0.3 is 10.6 Å². The van der Waals surface area contributed by atoms with Crippen molar-refractivity contribution < 1.29 is 18.0 Å². The maximum Gasteiger partial charge on any atom is 0.303 e. The van der Waals surface area contributed by atoms with Crippen LogP contribution in [0.2, 0.25) is 0 Å². The second-order valence-electron chi connectivity index (χ2n) is 6.50. The van der Waals surface area contributed by atoms with Crippen molar-refractivity contribution in [3.63, 3.8) is 0 Å². The number of nitrogens with one attached hydrogen (secondary N) is 2. The summed E-state index contributed by atoms with van der Waals surface area (Å²) in [5.41, 5.74) is 1.33. The van der Waals surface area contributed by atoms with E-state index in [1.54, 1.807) is 6.92 Å². The molecule has 0 bridgehead atoms. The van der Waals surface area contributed by atoms with Gasteiger partial charge in [0.25, 0.3) is 0 Å². The standard InChI is InChI=1S/C18H18F3N7O/c1-9-5-16(26-17(23-9)18(3,20)21)25-12-7-15(24-10(2)29)22-8-11(12)13-6-14(19)28(4)27-13/h5-8H,1-4H3,(H2,22,23,24,25,26,29).